The van der Waals surface area contributed by atoms with Crippen molar-refractivity contribution in [2.75, 3.05) is 4.90 Å². The molecular weight excluding hydrogens is 823 g/mol. The summed E-state index contributed by atoms with van der Waals surface area (Å²) in [5.74, 6) is 0. The van der Waals surface area contributed by atoms with Crippen LogP contribution in [0.25, 0.3) is 110 Å². The number of furan rings is 1. The number of benzene rings is 12. The Morgan fingerprint density at radius 1 is 0.221 bits per heavy atom. The molecule has 0 atom stereocenters. The normalized spacial score (nSPS) is 11.5. The van der Waals surface area contributed by atoms with Crippen molar-refractivity contribution in [1.29, 1.82) is 0 Å². The summed E-state index contributed by atoms with van der Waals surface area (Å²) in [6, 6.07) is 94.5. The van der Waals surface area contributed by atoms with Crippen molar-refractivity contribution >= 4 is 71.3 Å². The Morgan fingerprint density at radius 3 is 1.32 bits per heavy atom. The molecule has 318 valence electrons. The minimum absolute atomic E-state index is 0.877. The Hall–Kier alpha value is -8.98. The largest absolute Gasteiger partial charge is 0.456 e. The Labute approximate surface area is 395 Å². The van der Waals surface area contributed by atoms with Gasteiger partial charge in [0.2, 0.25) is 0 Å². The van der Waals surface area contributed by atoms with Crippen LogP contribution in [0.2, 0.25) is 0 Å². The Kier molecular flexibility index (Phi) is 9.54. The lowest BCUT2D eigenvalue weighted by Gasteiger charge is -2.26. The number of anilines is 3. The fraction of sp³-hybridized carbons (Fsp3) is 0. The highest BCUT2D eigenvalue weighted by Gasteiger charge is 2.20. The fourth-order valence-electron chi connectivity index (χ4n) is 10.3. The molecule has 13 rings (SSSR count). The van der Waals surface area contributed by atoms with Gasteiger partial charge in [-0.2, -0.15) is 0 Å². The van der Waals surface area contributed by atoms with Crippen molar-refractivity contribution in [3.05, 3.63) is 261 Å². The Morgan fingerprint density at radius 2 is 0.662 bits per heavy atom. The quantitative estimate of drug-likeness (QED) is 0.142. The van der Waals surface area contributed by atoms with Crippen LogP contribution in [0.1, 0.15) is 0 Å². The molecule has 0 bridgehead atoms. The van der Waals surface area contributed by atoms with Crippen molar-refractivity contribution in [3.8, 4) is 55.6 Å². The third-order valence-electron chi connectivity index (χ3n) is 13.7. The van der Waals surface area contributed by atoms with Crippen molar-refractivity contribution in [3.63, 3.8) is 0 Å². The van der Waals surface area contributed by atoms with Gasteiger partial charge < -0.3 is 9.32 Å². The van der Waals surface area contributed by atoms with Gasteiger partial charge in [-0.1, -0.05) is 200 Å². The number of fused-ring (bicyclic) bond motifs is 7. The average molecular weight is 866 g/mol. The Balaban J connectivity index is 0.899. The van der Waals surface area contributed by atoms with E-state index in [2.05, 4.69) is 254 Å². The molecule has 0 amide bonds. The molecule has 0 aliphatic rings. The second-order valence-corrected chi connectivity index (χ2v) is 17.6. The van der Waals surface area contributed by atoms with Gasteiger partial charge >= 0.3 is 0 Å². The maximum Gasteiger partial charge on any atom is 0.135 e. The number of para-hydroxylation sites is 1. The molecule has 1 aromatic heterocycles. The number of hydrogen-bond donors (Lipinski definition) is 0. The van der Waals surface area contributed by atoms with Gasteiger partial charge in [0, 0.05) is 27.8 Å². The molecule has 0 spiro atoms. The first kappa shape index (κ1) is 39.4. The first-order valence-corrected chi connectivity index (χ1v) is 23.3. The smallest absolute Gasteiger partial charge is 0.135 e. The number of nitrogens with zero attached hydrogens (tertiary/aromatic N) is 1. The van der Waals surface area contributed by atoms with E-state index >= 15 is 0 Å². The lowest BCUT2D eigenvalue weighted by atomic mass is 9.84. The molecule has 0 fully saturated rings. The van der Waals surface area contributed by atoms with Crippen LogP contribution in [-0.4, -0.2) is 0 Å². The first-order valence-electron chi connectivity index (χ1n) is 23.3. The molecule has 0 radical (unpaired) electrons. The molecule has 13 aromatic rings. The molecule has 68 heavy (non-hydrogen) atoms. The second-order valence-electron chi connectivity index (χ2n) is 17.6. The highest BCUT2D eigenvalue weighted by Crippen LogP contribution is 2.46. The van der Waals surface area contributed by atoms with Crippen molar-refractivity contribution in [2.45, 2.75) is 0 Å². The maximum atomic E-state index is 6.29. The molecule has 0 N–H and O–H groups in total. The van der Waals surface area contributed by atoms with Crippen LogP contribution >= 0.6 is 0 Å². The molecule has 0 saturated heterocycles. The monoisotopic (exact) mass is 865 g/mol. The van der Waals surface area contributed by atoms with Gasteiger partial charge in [-0.25, -0.2) is 0 Å². The van der Waals surface area contributed by atoms with Crippen LogP contribution in [0.5, 0.6) is 0 Å². The van der Waals surface area contributed by atoms with E-state index in [1.807, 2.05) is 12.1 Å². The summed E-state index contributed by atoms with van der Waals surface area (Å²) >= 11 is 0. The van der Waals surface area contributed by atoms with E-state index in [0.717, 1.165) is 44.6 Å². The van der Waals surface area contributed by atoms with E-state index in [1.54, 1.807) is 0 Å². The molecule has 2 nitrogen and oxygen atoms in total. The summed E-state index contributed by atoms with van der Waals surface area (Å²) < 4.78 is 6.29. The van der Waals surface area contributed by atoms with Gasteiger partial charge in [-0.15, -0.1) is 0 Å². The van der Waals surface area contributed by atoms with Crippen LogP contribution in [0.15, 0.2) is 265 Å². The van der Waals surface area contributed by atoms with Crippen LogP contribution in [-0.2, 0) is 0 Å². The van der Waals surface area contributed by atoms with Gasteiger partial charge in [-0.3, -0.25) is 0 Å². The van der Waals surface area contributed by atoms with Crippen molar-refractivity contribution in [1.82, 2.24) is 0 Å². The standard InChI is InChI=1S/C66H43NO/c1-3-14-49(15-4-1)65-60-21-10-9-19-57(60)58-39-33-53(42-62(58)66(65)50-16-5-2-6-17-50)48-31-36-55(37-32-48)67(56-38-40-64-61(43-56)59-20-11-12-22-63(59)68-64)54-34-29-46(30-35-54)45-23-25-47(26-24-45)52-28-27-44-13-7-8-18-51(44)41-52/h1-43H. The molecular formula is C66H43NO. The Bertz CT molecular complexity index is 3980. The topological polar surface area (TPSA) is 16.4 Å². The summed E-state index contributed by atoms with van der Waals surface area (Å²) in [6.07, 6.45) is 0. The fourth-order valence-corrected chi connectivity index (χ4v) is 10.3. The van der Waals surface area contributed by atoms with E-state index in [1.165, 1.54) is 82.4 Å². The first-order chi connectivity index (χ1) is 33.7. The number of hydrogen-bond acceptors (Lipinski definition) is 2. The summed E-state index contributed by atoms with van der Waals surface area (Å²) in [5.41, 5.74) is 17.0. The van der Waals surface area contributed by atoms with Gasteiger partial charge in [0.25, 0.3) is 0 Å². The highest BCUT2D eigenvalue weighted by molar-refractivity contribution is 6.22. The van der Waals surface area contributed by atoms with E-state index in [9.17, 15) is 0 Å². The maximum absolute atomic E-state index is 6.29. The van der Waals surface area contributed by atoms with Gasteiger partial charge in [0.1, 0.15) is 11.2 Å². The minimum Gasteiger partial charge on any atom is -0.456 e. The van der Waals surface area contributed by atoms with Crippen LogP contribution < -0.4 is 4.90 Å². The molecule has 0 aliphatic carbocycles. The zero-order valence-electron chi connectivity index (χ0n) is 37.2. The lowest BCUT2D eigenvalue weighted by Crippen LogP contribution is -2.09. The molecule has 0 saturated carbocycles. The zero-order chi connectivity index (χ0) is 45.0. The van der Waals surface area contributed by atoms with Crippen LogP contribution in [0.4, 0.5) is 17.1 Å². The third-order valence-corrected chi connectivity index (χ3v) is 13.7. The third kappa shape index (κ3) is 6.90. The molecule has 2 heteroatoms. The molecule has 12 aromatic carbocycles. The average Bonchev–Trinajstić information content (AvgIpc) is 3.79. The van der Waals surface area contributed by atoms with E-state index in [-0.39, 0.29) is 0 Å². The highest BCUT2D eigenvalue weighted by atomic mass is 16.3. The summed E-state index contributed by atoms with van der Waals surface area (Å²) in [7, 11) is 0. The van der Waals surface area contributed by atoms with E-state index in [4.69, 9.17) is 4.42 Å². The minimum atomic E-state index is 0.877. The van der Waals surface area contributed by atoms with Crippen molar-refractivity contribution < 1.29 is 4.42 Å². The van der Waals surface area contributed by atoms with Crippen LogP contribution in [0, 0.1) is 0 Å². The summed E-state index contributed by atoms with van der Waals surface area (Å²) in [4.78, 5) is 2.35. The molecule has 1 heterocycles. The van der Waals surface area contributed by atoms with E-state index in [0.29, 0.717) is 0 Å². The molecule has 0 aliphatic heterocycles. The number of rotatable bonds is 8. The van der Waals surface area contributed by atoms with Crippen LogP contribution in [0.3, 0.4) is 0 Å². The van der Waals surface area contributed by atoms with Crippen molar-refractivity contribution in [2.24, 2.45) is 0 Å². The SMILES string of the molecule is c1ccc(-c2c(-c3ccccc3)c3cc(-c4ccc(N(c5ccc(-c6ccc(-c7ccc8ccccc8c7)cc6)cc5)c5ccc6oc7ccccc7c6c5)cc4)ccc3c3ccccc23)cc1. The van der Waals surface area contributed by atoms with Gasteiger partial charge in [0.05, 0.1) is 0 Å². The summed E-state index contributed by atoms with van der Waals surface area (Å²) in [6.45, 7) is 0. The van der Waals surface area contributed by atoms with Gasteiger partial charge in [0.15, 0.2) is 0 Å². The zero-order valence-corrected chi connectivity index (χ0v) is 37.2. The summed E-state index contributed by atoms with van der Waals surface area (Å²) in [5, 5.41) is 9.70. The van der Waals surface area contributed by atoms with E-state index < -0.39 is 0 Å². The molecule has 0 unspecified atom stereocenters. The second kappa shape index (κ2) is 16.5. The lowest BCUT2D eigenvalue weighted by molar-refractivity contribution is 0.669. The predicted octanol–water partition coefficient (Wildman–Crippen LogP) is 18.9. The predicted molar refractivity (Wildman–Crippen MR) is 288 cm³/mol. The van der Waals surface area contributed by atoms with Gasteiger partial charge in [-0.05, 0) is 149 Å².